The van der Waals surface area contributed by atoms with Crippen LogP contribution in [0.3, 0.4) is 0 Å². The van der Waals surface area contributed by atoms with E-state index < -0.39 is 6.10 Å². The van der Waals surface area contributed by atoms with Crippen molar-refractivity contribution in [2.45, 2.75) is 76.6 Å². The summed E-state index contributed by atoms with van der Waals surface area (Å²) >= 11 is 0. The van der Waals surface area contributed by atoms with Crippen molar-refractivity contribution >= 4 is 0 Å². The standard InChI is InChI=1S/C15H29NO3/c1-12-5-4-8-15(9-12)18-11-13(17)10-16-19-14-6-2-3-7-14/h12-17H,2-11H2,1H3. The number of ether oxygens (including phenoxy) is 1. The zero-order valence-electron chi connectivity index (χ0n) is 12.1. The zero-order valence-corrected chi connectivity index (χ0v) is 12.1. The summed E-state index contributed by atoms with van der Waals surface area (Å²) in [5.41, 5.74) is 2.89. The highest BCUT2D eigenvalue weighted by atomic mass is 16.7. The normalized spacial score (nSPS) is 30.6. The molecule has 0 aliphatic heterocycles. The van der Waals surface area contributed by atoms with Gasteiger partial charge in [-0.1, -0.05) is 32.6 Å². The highest BCUT2D eigenvalue weighted by Crippen LogP contribution is 2.25. The monoisotopic (exact) mass is 271 g/mol. The maximum atomic E-state index is 9.85. The van der Waals surface area contributed by atoms with Crippen LogP contribution in [0, 0.1) is 5.92 Å². The van der Waals surface area contributed by atoms with Gasteiger partial charge in [-0.2, -0.15) is 5.48 Å². The summed E-state index contributed by atoms with van der Waals surface area (Å²) in [6.45, 7) is 3.15. The second-order valence-electron chi connectivity index (χ2n) is 6.25. The van der Waals surface area contributed by atoms with E-state index in [2.05, 4.69) is 12.4 Å². The Morgan fingerprint density at radius 1 is 1.11 bits per heavy atom. The second kappa shape index (κ2) is 8.20. The summed E-state index contributed by atoms with van der Waals surface area (Å²) in [5, 5.41) is 9.85. The number of rotatable bonds is 7. The maximum Gasteiger partial charge on any atom is 0.0921 e. The first kappa shape index (κ1) is 15.2. The first-order valence-electron chi connectivity index (χ1n) is 7.92. The van der Waals surface area contributed by atoms with Crippen molar-refractivity contribution in [3.63, 3.8) is 0 Å². The summed E-state index contributed by atoms with van der Waals surface area (Å²) in [6, 6.07) is 0. The van der Waals surface area contributed by atoms with Gasteiger partial charge in [0, 0.05) is 6.54 Å². The van der Waals surface area contributed by atoms with Gasteiger partial charge >= 0.3 is 0 Å². The van der Waals surface area contributed by atoms with Gasteiger partial charge in [-0.3, -0.25) is 4.84 Å². The van der Waals surface area contributed by atoms with Crippen molar-refractivity contribution in [2.75, 3.05) is 13.2 Å². The minimum atomic E-state index is -0.473. The topological polar surface area (TPSA) is 50.7 Å². The smallest absolute Gasteiger partial charge is 0.0921 e. The van der Waals surface area contributed by atoms with E-state index in [1.165, 1.54) is 25.7 Å². The van der Waals surface area contributed by atoms with Gasteiger partial charge in [-0.05, 0) is 31.6 Å². The van der Waals surface area contributed by atoms with Gasteiger partial charge in [0.05, 0.1) is 24.9 Å². The lowest BCUT2D eigenvalue weighted by atomic mass is 9.89. The van der Waals surface area contributed by atoms with Gasteiger partial charge in [-0.15, -0.1) is 0 Å². The van der Waals surface area contributed by atoms with Gasteiger partial charge in [-0.25, -0.2) is 0 Å². The van der Waals surface area contributed by atoms with Gasteiger partial charge in [0.15, 0.2) is 0 Å². The van der Waals surface area contributed by atoms with Crippen molar-refractivity contribution in [1.82, 2.24) is 5.48 Å². The molecule has 0 radical (unpaired) electrons. The lowest BCUT2D eigenvalue weighted by molar-refractivity contribution is -0.0661. The third-order valence-corrected chi connectivity index (χ3v) is 4.28. The molecule has 3 atom stereocenters. The van der Waals surface area contributed by atoms with Gasteiger partial charge < -0.3 is 9.84 Å². The third-order valence-electron chi connectivity index (χ3n) is 4.28. The van der Waals surface area contributed by atoms with Crippen LogP contribution in [0.1, 0.15) is 58.3 Å². The van der Waals surface area contributed by atoms with E-state index in [0.717, 1.165) is 31.6 Å². The molecule has 19 heavy (non-hydrogen) atoms. The van der Waals surface area contributed by atoms with Crippen LogP contribution in [0.4, 0.5) is 0 Å². The van der Waals surface area contributed by atoms with Crippen LogP contribution >= 0.6 is 0 Å². The molecule has 2 aliphatic carbocycles. The average molecular weight is 271 g/mol. The molecule has 0 aromatic carbocycles. The lowest BCUT2D eigenvalue weighted by Crippen LogP contribution is -2.34. The minimum absolute atomic E-state index is 0.340. The summed E-state index contributed by atoms with van der Waals surface area (Å²) in [6.07, 6.45) is 9.86. The Balaban J connectivity index is 1.50. The molecule has 2 saturated carbocycles. The van der Waals surface area contributed by atoms with E-state index in [1.807, 2.05) is 0 Å². The molecule has 2 rings (SSSR count). The van der Waals surface area contributed by atoms with Crippen molar-refractivity contribution < 1.29 is 14.7 Å². The fourth-order valence-corrected chi connectivity index (χ4v) is 3.10. The molecule has 0 heterocycles. The fourth-order valence-electron chi connectivity index (χ4n) is 3.10. The summed E-state index contributed by atoms with van der Waals surface area (Å²) in [4.78, 5) is 5.52. The molecule has 0 aromatic heterocycles. The number of aliphatic hydroxyl groups excluding tert-OH is 1. The molecule has 112 valence electrons. The van der Waals surface area contributed by atoms with Crippen LogP contribution in [-0.2, 0) is 9.57 Å². The predicted octanol–water partition coefficient (Wildman–Crippen LogP) is 2.41. The average Bonchev–Trinajstić information content (AvgIpc) is 2.90. The number of nitrogens with one attached hydrogen (secondary N) is 1. The molecule has 3 unspecified atom stereocenters. The molecule has 0 spiro atoms. The molecular formula is C15H29NO3. The summed E-state index contributed by atoms with van der Waals surface area (Å²) in [7, 11) is 0. The molecule has 4 nitrogen and oxygen atoms in total. The quantitative estimate of drug-likeness (QED) is 0.698. The summed E-state index contributed by atoms with van der Waals surface area (Å²) < 4.78 is 5.79. The summed E-state index contributed by atoms with van der Waals surface area (Å²) in [5.74, 6) is 0.764. The molecule has 0 amide bonds. The number of aliphatic hydroxyl groups is 1. The molecule has 4 heteroatoms. The van der Waals surface area contributed by atoms with Crippen molar-refractivity contribution in [2.24, 2.45) is 5.92 Å². The zero-order chi connectivity index (χ0) is 13.5. The first-order chi connectivity index (χ1) is 9.24. The Hall–Kier alpha value is -0.160. The van der Waals surface area contributed by atoms with Crippen LogP contribution in [0.2, 0.25) is 0 Å². The third kappa shape index (κ3) is 5.78. The Kier molecular flexibility index (Phi) is 6.57. The molecule has 0 bridgehead atoms. The van der Waals surface area contributed by atoms with Crippen molar-refractivity contribution in [1.29, 1.82) is 0 Å². The van der Waals surface area contributed by atoms with E-state index in [9.17, 15) is 5.11 Å². The van der Waals surface area contributed by atoms with E-state index in [4.69, 9.17) is 9.57 Å². The fraction of sp³-hybridized carbons (Fsp3) is 1.00. The van der Waals surface area contributed by atoms with Crippen LogP contribution in [-0.4, -0.2) is 36.6 Å². The van der Waals surface area contributed by atoms with E-state index in [1.54, 1.807) is 0 Å². The van der Waals surface area contributed by atoms with E-state index >= 15 is 0 Å². The van der Waals surface area contributed by atoms with Gasteiger partial charge in [0.2, 0.25) is 0 Å². The van der Waals surface area contributed by atoms with Gasteiger partial charge in [0.25, 0.3) is 0 Å². The molecule has 2 aliphatic rings. The van der Waals surface area contributed by atoms with E-state index in [-0.39, 0.29) is 0 Å². The Bertz CT molecular complexity index is 244. The van der Waals surface area contributed by atoms with Crippen LogP contribution in [0.5, 0.6) is 0 Å². The highest BCUT2D eigenvalue weighted by molar-refractivity contribution is 4.71. The highest BCUT2D eigenvalue weighted by Gasteiger charge is 2.20. The lowest BCUT2D eigenvalue weighted by Gasteiger charge is -2.27. The van der Waals surface area contributed by atoms with Gasteiger partial charge in [0.1, 0.15) is 0 Å². The molecule has 0 saturated heterocycles. The van der Waals surface area contributed by atoms with Crippen LogP contribution in [0.15, 0.2) is 0 Å². The molecular weight excluding hydrogens is 242 g/mol. The molecule has 2 fully saturated rings. The second-order valence-corrected chi connectivity index (χ2v) is 6.25. The Morgan fingerprint density at radius 2 is 1.84 bits per heavy atom. The van der Waals surface area contributed by atoms with Crippen molar-refractivity contribution in [3.05, 3.63) is 0 Å². The van der Waals surface area contributed by atoms with Crippen molar-refractivity contribution in [3.8, 4) is 0 Å². The molecule has 2 N–H and O–H groups in total. The Labute approximate surface area is 116 Å². The number of hydrogen-bond donors (Lipinski definition) is 2. The predicted molar refractivity (Wildman–Crippen MR) is 74.7 cm³/mol. The minimum Gasteiger partial charge on any atom is -0.389 e. The Morgan fingerprint density at radius 3 is 2.58 bits per heavy atom. The maximum absolute atomic E-state index is 9.85. The van der Waals surface area contributed by atoms with E-state index in [0.29, 0.717) is 25.4 Å². The van der Waals surface area contributed by atoms with Crippen LogP contribution in [0.25, 0.3) is 0 Å². The number of hydrogen-bond acceptors (Lipinski definition) is 4. The largest absolute Gasteiger partial charge is 0.389 e. The first-order valence-corrected chi connectivity index (χ1v) is 7.92. The van der Waals surface area contributed by atoms with Crippen LogP contribution < -0.4 is 5.48 Å². The number of hydroxylamine groups is 1. The SMILES string of the molecule is CC1CCCC(OCC(O)CNOC2CCCC2)C1. The molecule has 0 aromatic rings.